The minimum absolute atomic E-state index is 0.0218. The summed E-state index contributed by atoms with van der Waals surface area (Å²) in [6.07, 6.45) is 0.688. The van der Waals surface area contributed by atoms with Crippen molar-refractivity contribution in [2.45, 2.75) is 24.3 Å². The highest BCUT2D eigenvalue weighted by Gasteiger charge is 2.33. The molecule has 0 saturated carbocycles. The summed E-state index contributed by atoms with van der Waals surface area (Å²) in [4.78, 5) is -0.198. The second-order valence-corrected chi connectivity index (χ2v) is 7.18. The van der Waals surface area contributed by atoms with E-state index < -0.39 is 15.8 Å². The summed E-state index contributed by atoms with van der Waals surface area (Å²) in [5.41, 5.74) is 5.90. The van der Waals surface area contributed by atoms with Crippen LogP contribution in [0.3, 0.4) is 0 Å². The molecule has 0 spiro atoms. The third kappa shape index (κ3) is 2.91. The molecule has 7 heteroatoms. The first-order valence-corrected chi connectivity index (χ1v) is 7.85. The summed E-state index contributed by atoms with van der Waals surface area (Å²) in [6, 6.07) is 3.11. The van der Waals surface area contributed by atoms with E-state index in [0.29, 0.717) is 13.0 Å². The van der Waals surface area contributed by atoms with Crippen molar-refractivity contribution in [2.24, 2.45) is 11.7 Å². The molecule has 2 unspecified atom stereocenters. The van der Waals surface area contributed by atoms with Crippen LogP contribution in [0.4, 0.5) is 4.39 Å². The van der Waals surface area contributed by atoms with E-state index >= 15 is 0 Å². The van der Waals surface area contributed by atoms with Gasteiger partial charge in [-0.15, -0.1) is 0 Å². The maximum Gasteiger partial charge on any atom is 0.244 e. The lowest BCUT2D eigenvalue weighted by molar-refractivity contribution is 0.253. The fourth-order valence-electron chi connectivity index (χ4n) is 2.10. The van der Waals surface area contributed by atoms with Gasteiger partial charge >= 0.3 is 0 Å². The summed E-state index contributed by atoms with van der Waals surface area (Å²) in [5.74, 6) is -0.355. The second kappa shape index (κ2) is 5.36. The number of nitrogens with zero attached hydrogens (tertiary/aromatic N) is 1. The van der Waals surface area contributed by atoms with Crippen molar-refractivity contribution in [3.8, 4) is 0 Å². The number of hydrogen-bond donors (Lipinski definition) is 1. The van der Waals surface area contributed by atoms with E-state index in [1.54, 1.807) is 0 Å². The molecule has 2 atom stereocenters. The molecule has 0 amide bonds. The molecule has 106 valence electrons. The lowest BCUT2D eigenvalue weighted by Gasteiger charge is -2.34. The minimum Gasteiger partial charge on any atom is -0.326 e. The van der Waals surface area contributed by atoms with Crippen LogP contribution in [0.2, 0.25) is 5.02 Å². The molecule has 19 heavy (non-hydrogen) atoms. The Morgan fingerprint density at radius 2 is 2.16 bits per heavy atom. The number of hydrogen-bond acceptors (Lipinski definition) is 3. The third-order valence-corrected chi connectivity index (χ3v) is 5.84. The molecular formula is C12H16ClFN2O2S. The first kappa shape index (κ1) is 14.7. The van der Waals surface area contributed by atoms with Gasteiger partial charge in [0.1, 0.15) is 10.7 Å². The third-order valence-electron chi connectivity index (χ3n) is 3.49. The fourth-order valence-corrected chi connectivity index (χ4v) is 4.08. The molecule has 2 N–H and O–H groups in total. The molecule has 2 rings (SSSR count). The molecule has 0 aromatic heterocycles. The van der Waals surface area contributed by atoms with Gasteiger partial charge in [-0.2, -0.15) is 4.31 Å². The van der Waals surface area contributed by atoms with Crippen LogP contribution in [0.5, 0.6) is 0 Å². The zero-order valence-electron chi connectivity index (χ0n) is 10.5. The van der Waals surface area contributed by atoms with Crippen LogP contribution in [0, 0.1) is 11.7 Å². The summed E-state index contributed by atoms with van der Waals surface area (Å²) >= 11 is 5.86. The van der Waals surface area contributed by atoms with Crippen LogP contribution in [0.1, 0.15) is 13.3 Å². The lowest BCUT2D eigenvalue weighted by Crippen LogP contribution is -2.49. The van der Waals surface area contributed by atoms with Crippen molar-refractivity contribution in [1.82, 2.24) is 4.31 Å². The number of halogens is 2. The van der Waals surface area contributed by atoms with Crippen molar-refractivity contribution >= 4 is 21.6 Å². The van der Waals surface area contributed by atoms with Gasteiger partial charge in [-0.05, 0) is 30.5 Å². The summed E-state index contributed by atoms with van der Waals surface area (Å²) in [5, 5.41) is 0.0218. The van der Waals surface area contributed by atoms with Gasteiger partial charge in [0.2, 0.25) is 10.0 Å². The van der Waals surface area contributed by atoms with Gasteiger partial charge in [-0.25, -0.2) is 12.8 Å². The van der Waals surface area contributed by atoms with Crippen LogP contribution in [-0.2, 0) is 10.0 Å². The molecule has 1 aromatic rings. The zero-order chi connectivity index (χ0) is 14.2. The Morgan fingerprint density at radius 1 is 1.47 bits per heavy atom. The van der Waals surface area contributed by atoms with Crippen molar-refractivity contribution < 1.29 is 12.8 Å². The Kier molecular flexibility index (Phi) is 4.15. The quantitative estimate of drug-likeness (QED) is 0.907. The summed E-state index contributed by atoms with van der Waals surface area (Å²) < 4.78 is 39.4. The molecule has 1 fully saturated rings. The maximum atomic E-state index is 13.2. The molecule has 4 nitrogen and oxygen atoms in total. The molecule has 1 heterocycles. The monoisotopic (exact) mass is 306 g/mol. The number of benzene rings is 1. The smallest absolute Gasteiger partial charge is 0.244 e. The van der Waals surface area contributed by atoms with Gasteiger partial charge in [0, 0.05) is 19.1 Å². The highest BCUT2D eigenvalue weighted by molar-refractivity contribution is 7.89. The number of sulfonamides is 1. The van der Waals surface area contributed by atoms with Crippen molar-refractivity contribution in [3.63, 3.8) is 0 Å². The highest BCUT2D eigenvalue weighted by Crippen LogP contribution is 2.28. The molecule has 0 aliphatic carbocycles. The second-order valence-electron chi connectivity index (χ2n) is 4.87. The van der Waals surface area contributed by atoms with E-state index in [1.165, 1.54) is 10.4 Å². The van der Waals surface area contributed by atoms with Crippen LogP contribution in [-0.4, -0.2) is 31.9 Å². The van der Waals surface area contributed by atoms with Gasteiger partial charge in [0.05, 0.1) is 5.02 Å². The molecule has 1 aliphatic rings. The van der Waals surface area contributed by atoms with Gasteiger partial charge < -0.3 is 5.73 Å². The van der Waals surface area contributed by atoms with Gasteiger partial charge in [-0.3, -0.25) is 0 Å². The molecular weight excluding hydrogens is 291 g/mol. The number of nitrogens with two attached hydrogens (primary N) is 1. The van der Waals surface area contributed by atoms with Crippen LogP contribution >= 0.6 is 11.6 Å². The van der Waals surface area contributed by atoms with Crippen LogP contribution < -0.4 is 5.73 Å². The number of piperidine rings is 1. The Bertz CT molecular complexity index is 579. The average molecular weight is 307 g/mol. The van der Waals surface area contributed by atoms with E-state index in [0.717, 1.165) is 12.1 Å². The number of rotatable bonds is 2. The highest BCUT2D eigenvalue weighted by atomic mass is 35.5. The van der Waals surface area contributed by atoms with Gasteiger partial charge in [-0.1, -0.05) is 18.5 Å². The van der Waals surface area contributed by atoms with Gasteiger partial charge in [0.15, 0.2) is 0 Å². The predicted molar refractivity (Wildman–Crippen MR) is 71.9 cm³/mol. The Hall–Kier alpha value is -0.690. The van der Waals surface area contributed by atoms with E-state index in [2.05, 4.69) is 0 Å². The largest absolute Gasteiger partial charge is 0.326 e. The summed E-state index contributed by atoms with van der Waals surface area (Å²) in [6.45, 7) is 2.60. The van der Waals surface area contributed by atoms with E-state index in [9.17, 15) is 12.8 Å². The van der Waals surface area contributed by atoms with E-state index in [4.69, 9.17) is 17.3 Å². The predicted octanol–water partition coefficient (Wildman–Crippen LogP) is 1.84. The maximum absolute atomic E-state index is 13.2. The Morgan fingerprint density at radius 3 is 2.79 bits per heavy atom. The molecule has 0 bridgehead atoms. The van der Waals surface area contributed by atoms with Crippen molar-refractivity contribution in [1.29, 1.82) is 0 Å². The van der Waals surface area contributed by atoms with Crippen molar-refractivity contribution in [3.05, 3.63) is 29.0 Å². The molecule has 0 radical (unpaired) electrons. The average Bonchev–Trinajstić information content (AvgIpc) is 2.35. The van der Waals surface area contributed by atoms with Crippen LogP contribution in [0.25, 0.3) is 0 Å². The fraction of sp³-hybridized carbons (Fsp3) is 0.500. The zero-order valence-corrected chi connectivity index (χ0v) is 12.1. The first-order chi connectivity index (χ1) is 8.82. The van der Waals surface area contributed by atoms with Gasteiger partial charge in [0.25, 0.3) is 0 Å². The van der Waals surface area contributed by atoms with Crippen LogP contribution in [0.15, 0.2) is 23.1 Å². The minimum atomic E-state index is -3.79. The standard InChI is InChI=1S/C12H16ClFN2O2S/c1-8-4-5-16(7-11(8)15)19(17,18)12-6-9(14)2-3-10(12)13/h2-3,6,8,11H,4-5,7,15H2,1H3. The molecule has 1 aliphatic heterocycles. The van der Waals surface area contributed by atoms with E-state index in [-0.39, 0.29) is 28.4 Å². The van der Waals surface area contributed by atoms with Crippen molar-refractivity contribution in [2.75, 3.05) is 13.1 Å². The SMILES string of the molecule is CC1CCN(S(=O)(=O)c2cc(F)ccc2Cl)CC1N. The first-order valence-electron chi connectivity index (χ1n) is 6.03. The topological polar surface area (TPSA) is 63.4 Å². The Balaban J connectivity index is 2.35. The normalized spacial score (nSPS) is 25.5. The van der Waals surface area contributed by atoms with E-state index in [1.807, 2.05) is 6.92 Å². The molecule has 1 aromatic carbocycles. The summed E-state index contributed by atoms with van der Waals surface area (Å²) in [7, 11) is -3.79. The molecule has 1 saturated heterocycles. The lowest BCUT2D eigenvalue weighted by atomic mass is 9.96. The Labute approximate surface area is 117 Å².